The molecule has 0 saturated heterocycles. The molecule has 54 heavy (non-hydrogen) atoms. The van der Waals surface area contributed by atoms with Gasteiger partial charge in [0.25, 0.3) is 0 Å². The van der Waals surface area contributed by atoms with Crippen LogP contribution in [0, 0.1) is 0 Å². The zero-order chi connectivity index (χ0) is 35.6. The number of fused-ring (bicyclic) bond motifs is 6. The van der Waals surface area contributed by atoms with Gasteiger partial charge in [0.15, 0.2) is 23.2 Å². The first-order chi connectivity index (χ1) is 26.8. The first-order valence-corrected chi connectivity index (χ1v) is 18.8. The van der Waals surface area contributed by atoms with Gasteiger partial charge in [-0.05, 0) is 68.1 Å². The number of nitrogens with zero attached hydrogens (tertiary/aromatic N) is 3. The molecule has 0 fully saturated rings. The molecular weight excluding hydrogens is 679 g/mol. The van der Waals surface area contributed by atoms with E-state index >= 15 is 0 Å². The normalized spacial score (nSPS) is 11.7. The Kier molecular flexibility index (Phi) is 7.00. The number of para-hydroxylation sites is 1. The highest BCUT2D eigenvalue weighted by atomic mass is 32.1. The second kappa shape index (κ2) is 12.3. The highest BCUT2D eigenvalue weighted by Crippen LogP contribution is 2.44. The van der Waals surface area contributed by atoms with Crippen molar-refractivity contribution in [3.8, 4) is 56.6 Å². The number of furan rings is 1. The Morgan fingerprint density at radius 2 is 0.926 bits per heavy atom. The van der Waals surface area contributed by atoms with Crippen LogP contribution in [0.2, 0.25) is 0 Å². The molecule has 8 aromatic carbocycles. The van der Waals surface area contributed by atoms with Crippen molar-refractivity contribution in [1.29, 1.82) is 0 Å². The standard InChI is InChI=1S/C49H29N3OS/c1-2-13-30(14-3-1)44-35-17-5-7-19-37(35)45(38-20-8-6-18-36(38)44)31-25-27-32(28-26-31)47-50-48(52-49(51-47)42-29-33-15-4-10-23-41(33)53-42)40-22-12-21-39-34-16-9-11-24-43(34)54-46(39)40/h1-29H. The van der Waals surface area contributed by atoms with Gasteiger partial charge in [0.05, 0.1) is 0 Å². The van der Waals surface area contributed by atoms with E-state index in [1.807, 2.05) is 30.3 Å². The van der Waals surface area contributed by atoms with Crippen molar-refractivity contribution in [2.75, 3.05) is 0 Å². The Morgan fingerprint density at radius 3 is 1.63 bits per heavy atom. The van der Waals surface area contributed by atoms with E-state index in [-0.39, 0.29) is 0 Å². The number of rotatable bonds is 5. The summed E-state index contributed by atoms with van der Waals surface area (Å²) in [5.41, 5.74) is 7.48. The molecule has 0 saturated carbocycles. The molecule has 0 N–H and O–H groups in total. The second-order valence-corrected chi connectivity index (χ2v) is 14.6. The highest BCUT2D eigenvalue weighted by molar-refractivity contribution is 7.26. The predicted molar refractivity (Wildman–Crippen MR) is 225 cm³/mol. The molecule has 0 aliphatic heterocycles. The lowest BCUT2D eigenvalue weighted by molar-refractivity contribution is 0.625. The fourth-order valence-corrected chi connectivity index (χ4v) is 9.10. The summed E-state index contributed by atoms with van der Waals surface area (Å²) in [6, 6.07) is 61.8. The highest BCUT2D eigenvalue weighted by Gasteiger charge is 2.20. The second-order valence-electron chi connectivity index (χ2n) is 13.5. The smallest absolute Gasteiger partial charge is 0.199 e. The first kappa shape index (κ1) is 30.7. The van der Waals surface area contributed by atoms with E-state index in [0.29, 0.717) is 23.2 Å². The van der Waals surface area contributed by atoms with E-state index in [2.05, 4.69) is 146 Å². The Labute approximate surface area is 314 Å². The molecule has 5 heteroatoms. The van der Waals surface area contributed by atoms with E-state index in [1.54, 1.807) is 11.3 Å². The molecule has 0 spiro atoms. The molecule has 0 atom stereocenters. The summed E-state index contributed by atoms with van der Waals surface area (Å²) in [6.07, 6.45) is 0. The van der Waals surface area contributed by atoms with E-state index in [9.17, 15) is 0 Å². The minimum atomic E-state index is 0.502. The van der Waals surface area contributed by atoms with Crippen LogP contribution in [-0.4, -0.2) is 15.0 Å². The summed E-state index contributed by atoms with van der Waals surface area (Å²) in [4.78, 5) is 15.3. The monoisotopic (exact) mass is 707 g/mol. The van der Waals surface area contributed by atoms with Crippen LogP contribution >= 0.6 is 11.3 Å². The predicted octanol–water partition coefficient (Wildman–Crippen LogP) is 13.6. The molecular formula is C49H29N3OS. The third-order valence-corrected chi connectivity index (χ3v) is 11.6. The van der Waals surface area contributed by atoms with Gasteiger partial charge in [0.2, 0.25) is 0 Å². The van der Waals surface area contributed by atoms with Gasteiger partial charge in [-0.25, -0.2) is 15.0 Å². The van der Waals surface area contributed by atoms with Crippen LogP contribution in [0.5, 0.6) is 0 Å². The zero-order valence-corrected chi connectivity index (χ0v) is 29.7. The molecule has 252 valence electrons. The average molecular weight is 708 g/mol. The van der Waals surface area contributed by atoms with Gasteiger partial charge in [-0.3, -0.25) is 0 Å². The van der Waals surface area contributed by atoms with Crippen LogP contribution in [0.3, 0.4) is 0 Å². The van der Waals surface area contributed by atoms with Gasteiger partial charge in [0.1, 0.15) is 5.58 Å². The summed E-state index contributed by atoms with van der Waals surface area (Å²) < 4.78 is 8.71. The Bertz CT molecular complexity index is 3130. The quantitative estimate of drug-likeness (QED) is 0.167. The van der Waals surface area contributed by atoms with Gasteiger partial charge in [-0.15, -0.1) is 11.3 Å². The van der Waals surface area contributed by atoms with Crippen LogP contribution in [-0.2, 0) is 0 Å². The van der Waals surface area contributed by atoms with E-state index in [4.69, 9.17) is 19.4 Å². The lowest BCUT2D eigenvalue weighted by Gasteiger charge is -2.17. The maximum absolute atomic E-state index is 6.32. The summed E-state index contributed by atoms with van der Waals surface area (Å²) in [7, 11) is 0. The molecule has 0 radical (unpaired) electrons. The molecule has 0 aliphatic carbocycles. The maximum Gasteiger partial charge on any atom is 0.199 e. The van der Waals surface area contributed by atoms with Crippen molar-refractivity contribution in [3.63, 3.8) is 0 Å². The Hall–Kier alpha value is -6.95. The molecule has 0 bridgehead atoms. The number of thiophene rings is 1. The van der Waals surface area contributed by atoms with Crippen molar-refractivity contribution in [3.05, 3.63) is 176 Å². The molecule has 3 heterocycles. The average Bonchev–Trinajstić information content (AvgIpc) is 3.85. The summed E-state index contributed by atoms with van der Waals surface area (Å²) in [5.74, 6) is 2.32. The van der Waals surface area contributed by atoms with Crippen molar-refractivity contribution in [2.45, 2.75) is 0 Å². The summed E-state index contributed by atoms with van der Waals surface area (Å²) >= 11 is 1.77. The molecule has 11 rings (SSSR count). The molecule has 0 unspecified atom stereocenters. The summed E-state index contributed by atoms with van der Waals surface area (Å²) in [6.45, 7) is 0. The van der Waals surface area contributed by atoms with Crippen LogP contribution < -0.4 is 0 Å². The molecule has 0 aliphatic rings. The van der Waals surface area contributed by atoms with Crippen molar-refractivity contribution in [2.24, 2.45) is 0 Å². The van der Waals surface area contributed by atoms with Crippen molar-refractivity contribution in [1.82, 2.24) is 15.0 Å². The Balaban J connectivity index is 1.09. The van der Waals surface area contributed by atoms with Gasteiger partial charge in [-0.2, -0.15) is 0 Å². The van der Waals surface area contributed by atoms with E-state index in [0.717, 1.165) is 32.4 Å². The number of benzene rings is 8. The van der Waals surface area contributed by atoms with Crippen molar-refractivity contribution >= 4 is 64.0 Å². The molecule has 11 aromatic rings. The first-order valence-electron chi connectivity index (χ1n) is 18.0. The van der Waals surface area contributed by atoms with Crippen LogP contribution in [0.4, 0.5) is 0 Å². The van der Waals surface area contributed by atoms with Crippen LogP contribution in [0.1, 0.15) is 0 Å². The number of hydrogen-bond donors (Lipinski definition) is 0. The lowest BCUT2D eigenvalue weighted by Crippen LogP contribution is -2.00. The van der Waals surface area contributed by atoms with Gasteiger partial charge in [-0.1, -0.05) is 152 Å². The molecule has 3 aromatic heterocycles. The SMILES string of the molecule is c1ccc(-c2c3ccccc3c(-c3ccc(-c4nc(-c5cc6ccccc6o5)nc(-c5cccc6c5sc5ccccc56)n4)cc3)c3ccccc23)cc1. The topological polar surface area (TPSA) is 51.8 Å². The Morgan fingerprint density at radius 1 is 0.389 bits per heavy atom. The minimum absolute atomic E-state index is 0.502. The zero-order valence-electron chi connectivity index (χ0n) is 28.9. The van der Waals surface area contributed by atoms with Crippen molar-refractivity contribution < 1.29 is 4.42 Å². The third kappa shape index (κ3) is 4.94. The fraction of sp³-hybridized carbons (Fsp3) is 0. The van der Waals surface area contributed by atoms with Crippen LogP contribution in [0.15, 0.2) is 180 Å². The van der Waals surface area contributed by atoms with Gasteiger partial charge in [0, 0.05) is 36.7 Å². The lowest BCUT2D eigenvalue weighted by atomic mass is 9.86. The van der Waals surface area contributed by atoms with Gasteiger partial charge >= 0.3 is 0 Å². The molecule has 4 nitrogen and oxygen atoms in total. The number of hydrogen-bond acceptors (Lipinski definition) is 5. The van der Waals surface area contributed by atoms with Gasteiger partial charge < -0.3 is 4.42 Å². The fourth-order valence-electron chi connectivity index (χ4n) is 7.89. The molecule has 0 amide bonds. The minimum Gasteiger partial charge on any atom is -0.453 e. The summed E-state index contributed by atoms with van der Waals surface area (Å²) in [5, 5.41) is 8.33. The van der Waals surface area contributed by atoms with Crippen LogP contribution in [0.25, 0.3) is 109 Å². The number of aromatic nitrogens is 3. The largest absolute Gasteiger partial charge is 0.453 e. The van der Waals surface area contributed by atoms with E-state index < -0.39 is 0 Å². The van der Waals surface area contributed by atoms with E-state index in [1.165, 1.54) is 53.7 Å². The third-order valence-electron chi connectivity index (χ3n) is 10.4. The maximum atomic E-state index is 6.32.